The van der Waals surface area contributed by atoms with E-state index in [-0.39, 0.29) is 5.69 Å². The van der Waals surface area contributed by atoms with Gasteiger partial charge in [-0.2, -0.15) is 0 Å². The average molecular weight is 379 g/mol. The van der Waals surface area contributed by atoms with E-state index in [1.165, 1.54) is 6.92 Å². The van der Waals surface area contributed by atoms with E-state index < -0.39 is 36.2 Å². The number of amides is 1. The minimum atomic E-state index is -1.19. The molecule has 27 heavy (non-hydrogen) atoms. The number of rotatable bonds is 8. The van der Waals surface area contributed by atoms with E-state index in [2.05, 4.69) is 5.32 Å². The zero-order chi connectivity index (χ0) is 19.8. The van der Waals surface area contributed by atoms with Crippen LogP contribution in [-0.2, 0) is 14.3 Å². The van der Waals surface area contributed by atoms with Crippen LogP contribution < -0.4 is 14.8 Å². The first-order valence-corrected chi connectivity index (χ1v) is 8.20. The third-order valence-corrected chi connectivity index (χ3v) is 3.36. The molecule has 0 heterocycles. The van der Waals surface area contributed by atoms with Crippen molar-refractivity contribution in [2.75, 3.05) is 18.5 Å². The Labute approximate surface area is 155 Å². The molecule has 0 spiro atoms. The number of carbonyl (C=O) groups excluding carboxylic acids is 2. The number of hydrogen-bond donors (Lipinski definition) is 1. The molecule has 0 saturated carbocycles. The van der Waals surface area contributed by atoms with Crippen LogP contribution in [0.3, 0.4) is 0 Å². The molecule has 2 aromatic rings. The third kappa shape index (κ3) is 6.25. The summed E-state index contributed by atoms with van der Waals surface area (Å²) in [6.45, 7) is 3.32. The summed E-state index contributed by atoms with van der Waals surface area (Å²) in [6, 6.07) is 9.36. The Bertz CT molecular complexity index is 795. The maximum absolute atomic E-state index is 13.5. The number of esters is 1. The van der Waals surface area contributed by atoms with Crippen molar-refractivity contribution in [3.05, 3.63) is 54.1 Å². The predicted octanol–water partition coefficient (Wildman–Crippen LogP) is 3.31. The maximum Gasteiger partial charge on any atom is 0.344 e. The molecule has 144 valence electrons. The summed E-state index contributed by atoms with van der Waals surface area (Å²) in [5.74, 6) is -2.12. The second kappa shape index (κ2) is 9.51. The number of ether oxygens (including phenoxy) is 3. The molecule has 0 radical (unpaired) electrons. The van der Waals surface area contributed by atoms with Gasteiger partial charge in [0.05, 0.1) is 12.3 Å². The summed E-state index contributed by atoms with van der Waals surface area (Å²) in [4.78, 5) is 23.7. The summed E-state index contributed by atoms with van der Waals surface area (Å²) in [7, 11) is 0. The lowest BCUT2D eigenvalue weighted by Crippen LogP contribution is -2.32. The van der Waals surface area contributed by atoms with Crippen LogP contribution in [0.2, 0.25) is 0 Å². The van der Waals surface area contributed by atoms with Crippen molar-refractivity contribution in [3.8, 4) is 11.5 Å². The lowest BCUT2D eigenvalue weighted by atomic mass is 10.2. The molecule has 0 aromatic heterocycles. The van der Waals surface area contributed by atoms with Gasteiger partial charge >= 0.3 is 5.97 Å². The van der Waals surface area contributed by atoms with E-state index in [0.717, 1.165) is 12.1 Å². The van der Waals surface area contributed by atoms with Gasteiger partial charge in [0.15, 0.2) is 12.7 Å². The molecule has 0 unspecified atom stereocenters. The zero-order valence-electron chi connectivity index (χ0n) is 14.8. The highest BCUT2D eigenvalue weighted by Gasteiger charge is 2.19. The minimum absolute atomic E-state index is 0.213. The third-order valence-electron chi connectivity index (χ3n) is 3.36. The fraction of sp³-hybridized carbons (Fsp3) is 0.263. The Morgan fingerprint density at radius 2 is 1.67 bits per heavy atom. The maximum atomic E-state index is 13.5. The first kappa shape index (κ1) is 20.2. The Hall–Kier alpha value is -3.16. The Morgan fingerprint density at radius 3 is 2.26 bits per heavy atom. The van der Waals surface area contributed by atoms with Gasteiger partial charge in [0.25, 0.3) is 5.91 Å². The molecule has 0 aliphatic heterocycles. The lowest BCUT2D eigenvalue weighted by molar-refractivity contribution is -0.155. The first-order valence-electron chi connectivity index (χ1n) is 8.20. The van der Waals surface area contributed by atoms with Crippen LogP contribution in [0.5, 0.6) is 11.5 Å². The van der Waals surface area contributed by atoms with Gasteiger partial charge in [0, 0.05) is 6.07 Å². The molecule has 6 nitrogen and oxygen atoms in total. The van der Waals surface area contributed by atoms with E-state index in [4.69, 9.17) is 14.2 Å². The Balaban J connectivity index is 1.81. The van der Waals surface area contributed by atoms with E-state index in [1.807, 2.05) is 6.92 Å². The molecule has 1 amide bonds. The molecule has 1 atom stereocenters. The van der Waals surface area contributed by atoms with Gasteiger partial charge in [-0.25, -0.2) is 13.6 Å². The number of benzene rings is 2. The highest BCUT2D eigenvalue weighted by atomic mass is 19.1. The predicted molar refractivity (Wildman–Crippen MR) is 93.6 cm³/mol. The SMILES string of the molecule is CCOc1ccc(OCC(=O)O[C@H](C)C(=O)Nc2ccc(F)cc2F)cc1. The van der Waals surface area contributed by atoms with E-state index >= 15 is 0 Å². The van der Waals surface area contributed by atoms with Crippen molar-refractivity contribution in [2.24, 2.45) is 0 Å². The van der Waals surface area contributed by atoms with Crippen molar-refractivity contribution in [1.82, 2.24) is 0 Å². The molecule has 0 aliphatic carbocycles. The van der Waals surface area contributed by atoms with Crippen LogP contribution in [0.15, 0.2) is 42.5 Å². The summed E-state index contributed by atoms with van der Waals surface area (Å²) >= 11 is 0. The van der Waals surface area contributed by atoms with Crippen LogP contribution >= 0.6 is 0 Å². The molecule has 1 N–H and O–H groups in total. The van der Waals surface area contributed by atoms with Gasteiger partial charge in [-0.15, -0.1) is 0 Å². The van der Waals surface area contributed by atoms with Crippen LogP contribution in [0.4, 0.5) is 14.5 Å². The second-order valence-electron chi connectivity index (χ2n) is 5.44. The number of halogens is 2. The van der Waals surface area contributed by atoms with Crippen molar-refractivity contribution in [3.63, 3.8) is 0 Å². The fourth-order valence-corrected chi connectivity index (χ4v) is 2.05. The van der Waals surface area contributed by atoms with Gasteiger partial charge in [-0.05, 0) is 50.2 Å². The van der Waals surface area contributed by atoms with Crippen LogP contribution in [0.25, 0.3) is 0 Å². The summed E-state index contributed by atoms with van der Waals surface area (Å²) < 4.78 is 41.9. The van der Waals surface area contributed by atoms with E-state index in [9.17, 15) is 18.4 Å². The first-order chi connectivity index (χ1) is 12.9. The van der Waals surface area contributed by atoms with Gasteiger partial charge in [0.2, 0.25) is 0 Å². The summed E-state index contributed by atoms with van der Waals surface area (Å²) in [6.07, 6.45) is -1.19. The fourth-order valence-electron chi connectivity index (χ4n) is 2.05. The van der Waals surface area contributed by atoms with Crippen molar-refractivity contribution in [1.29, 1.82) is 0 Å². The average Bonchev–Trinajstić information content (AvgIpc) is 2.63. The van der Waals surface area contributed by atoms with Crippen LogP contribution in [-0.4, -0.2) is 31.2 Å². The molecule has 2 rings (SSSR count). The Morgan fingerprint density at radius 1 is 1.04 bits per heavy atom. The molecule has 0 aliphatic rings. The standard InChI is InChI=1S/C19H19F2NO5/c1-3-25-14-5-7-15(8-6-14)26-11-18(23)27-12(2)19(24)22-17-9-4-13(20)10-16(17)21/h4-10,12H,3,11H2,1-2H3,(H,22,24)/t12-/m1/s1. The smallest absolute Gasteiger partial charge is 0.344 e. The summed E-state index contributed by atoms with van der Waals surface area (Å²) in [5, 5.41) is 2.22. The topological polar surface area (TPSA) is 73.9 Å². The van der Waals surface area contributed by atoms with Crippen LogP contribution in [0, 0.1) is 11.6 Å². The molecule has 0 saturated heterocycles. The van der Waals surface area contributed by atoms with Crippen molar-refractivity contribution < 1.29 is 32.6 Å². The number of nitrogens with one attached hydrogen (secondary N) is 1. The molecular weight excluding hydrogens is 360 g/mol. The lowest BCUT2D eigenvalue weighted by Gasteiger charge is -2.14. The van der Waals surface area contributed by atoms with Crippen LogP contribution in [0.1, 0.15) is 13.8 Å². The molecular formula is C19H19F2NO5. The largest absolute Gasteiger partial charge is 0.494 e. The normalized spacial score (nSPS) is 11.4. The van der Waals surface area contributed by atoms with Crippen molar-refractivity contribution in [2.45, 2.75) is 20.0 Å². The second-order valence-corrected chi connectivity index (χ2v) is 5.44. The quantitative estimate of drug-likeness (QED) is 0.713. The molecule has 0 bridgehead atoms. The van der Waals surface area contributed by atoms with Gasteiger partial charge in [-0.1, -0.05) is 0 Å². The van der Waals surface area contributed by atoms with Gasteiger partial charge < -0.3 is 19.5 Å². The number of carbonyl (C=O) groups is 2. The minimum Gasteiger partial charge on any atom is -0.494 e. The summed E-state index contributed by atoms with van der Waals surface area (Å²) in [5.41, 5.74) is -0.213. The van der Waals surface area contributed by atoms with Crippen molar-refractivity contribution >= 4 is 17.6 Å². The van der Waals surface area contributed by atoms with Gasteiger partial charge in [0.1, 0.15) is 23.1 Å². The van der Waals surface area contributed by atoms with Gasteiger partial charge in [-0.3, -0.25) is 4.79 Å². The Kier molecular flexibility index (Phi) is 7.10. The number of hydrogen-bond acceptors (Lipinski definition) is 5. The molecule has 8 heteroatoms. The zero-order valence-corrected chi connectivity index (χ0v) is 14.8. The highest BCUT2D eigenvalue weighted by molar-refractivity contribution is 5.95. The van der Waals surface area contributed by atoms with E-state index in [1.54, 1.807) is 24.3 Å². The highest BCUT2D eigenvalue weighted by Crippen LogP contribution is 2.18. The molecule has 2 aromatic carbocycles. The monoisotopic (exact) mass is 379 g/mol. The van der Waals surface area contributed by atoms with E-state index in [0.29, 0.717) is 24.2 Å². The number of anilines is 1. The molecule has 0 fully saturated rings.